The van der Waals surface area contributed by atoms with Gasteiger partial charge in [-0.3, -0.25) is 9.80 Å². The highest BCUT2D eigenvalue weighted by Crippen LogP contribution is 2.42. The molecule has 0 aromatic heterocycles. The Morgan fingerprint density at radius 2 is 1.65 bits per heavy atom. The number of piperazine rings is 1. The van der Waals surface area contributed by atoms with E-state index in [0.29, 0.717) is 12.6 Å². The van der Waals surface area contributed by atoms with E-state index in [1.807, 2.05) is 0 Å². The fraction of sp³-hybridized carbons (Fsp3) is 1.00. The van der Waals surface area contributed by atoms with Gasteiger partial charge in [0.05, 0.1) is 12.1 Å². The Hall–Kier alpha value is -0.160. The van der Waals surface area contributed by atoms with Crippen LogP contribution in [0, 0.1) is 5.92 Å². The second-order valence-electron chi connectivity index (χ2n) is 7.55. The van der Waals surface area contributed by atoms with Crippen LogP contribution in [0.4, 0.5) is 0 Å². The fourth-order valence-corrected chi connectivity index (χ4v) is 3.91. The molecule has 114 valence electrons. The van der Waals surface area contributed by atoms with Crippen LogP contribution in [0.2, 0.25) is 0 Å². The van der Waals surface area contributed by atoms with Gasteiger partial charge in [-0.15, -0.1) is 0 Å². The molecule has 2 N–H and O–H groups in total. The van der Waals surface area contributed by atoms with Crippen molar-refractivity contribution in [2.75, 3.05) is 39.3 Å². The molecule has 4 rings (SSSR count). The zero-order valence-corrected chi connectivity index (χ0v) is 12.6. The molecule has 0 aromatic carbocycles. The molecule has 0 bridgehead atoms. The van der Waals surface area contributed by atoms with E-state index in [1.54, 1.807) is 0 Å². The standard InChI is InChI=1S/C16H29N3O/c20-12-16(13-1-2-13,17-14-3-4-14)11-18-7-9-19(10-8-18)15-5-6-15/h13-15,17,20H,1-12H2. The smallest absolute Gasteiger partial charge is 0.0628 e. The van der Waals surface area contributed by atoms with Gasteiger partial charge in [-0.05, 0) is 44.4 Å². The molecule has 3 aliphatic carbocycles. The van der Waals surface area contributed by atoms with E-state index in [-0.39, 0.29) is 5.54 Å². The van der Waals surface area contributed by atoms with Gasteiger partial charge in [0.2, 0.25) is 0 Å². The molecule has 20 heavy (non-hydrogen) atoms. The first-order chi connectivity index (χ1) is 9.79. The zero-order chi connectivity index (χ0) is 13.6. The van der Waals surface area contributed by atoms with E-state index in [1.165, 1.54) is 64.7 Å². The third kappa shape index (κ3) is 2.89. The summed E-state index contributed by atoms with van der Waals surface area (Å²) in [5.74, 6) is 0.717. The highest BCUT2D eigenvalue weighted by Gasteiger charge is 2.48. The highest BCUT2D eigenvalue weighted by atomic mass is 16.3. The third-order valence-electron chi connectivity index (χ3n) is 5.69. The molecule has 1 unspecified atom stereocenters. The average molecular weight is 279 g/mol. The van der Waals surface area contributed by atoms with Crippen molar-refractivity contribution in [3.63, 3.8) is 0 Å². The molecular weight excluding hydrogens is 250 g/mol. The molecule has 4 fully saturated rings. The number of nitrogens with one attached hydrogen (secondary N) is 1. The van der Waals surface area contributed by atoms with Crippen molar-refractivity contribution in [3.8, 4) is 0 Å². The van der Waals surface area contributed by atoms with Gasteiger partial charge in [0.25, 0.3) is 0 Å². The summed E-state index contributed by atoms with van der Waals surface area (Å²) in [6.45, 7) is 6.23. The summed E-state index contributed by atoms with van der Waals surface area (Å²) in [5, 5.41) is 13.8. The number of aliphatic hydroxyl groups excluding tert-OH is 1. The van der Waals surface area contributed by atoms with E-state index in [0.717, 1.165) is 18.5 Å². The monoisotopic (exact) mass is 279 g/mol. The van der Waals surface area contributed by atoms with Crippen LogP contribution in [0.15, 0.2) is 0 Å². The SMILES string of the molecule is OCC(CN1CCN(C2CC2)CC1)(NC1CC1)C1CC1. The maximum atomic E-state index is 10.0. The minimum Gasteiger partial charge on any atom is -0.394 e. The molecule has 0 radical (unpaired) electrons. The molecule has 3 saturated carbocycles. The molecule has 0 aromatic rings. The summed E-state index contributed by atoms with van der Waals surface area (Å²) in [6, 6.07) is 1.60. The minimum atomic E-state index is 0.00289. The first kappa shape index (κ1) is 13.5. The van der Waals surface area contributed by atoms with Gasteiger partial charge in [0, 0.05) is 44.8 Å². The molecule has 4 nitrogen and oxygen atoms in total. The Bertz CT molecular complexity index is 344. The van der Waals surface area contributed by atoms with Crippen molar-refractivity contribution < 1.29 is 5.11 Å². The van der Waals surface area contributed by atoms with Crippen molar-refractivity contribution in [1.29, 1.82) is 0 Å². The first-order valence-electron chi connectivity index (χ1n) is 8.64. The predicted octanol–water partition coefficient (Wildman–Crippen LogP) is 0.660. The van der Waals surface area contributed by atoms with E-state index in [4.69, 9.17) is 0 Å². The van der Waals surface area contributed by atoms with Crippen molar-refractivity contribution in [1.82, 2.24) is 15.1 Å². The number of aliphatic hydroxyl groups is 1. The Kier molecular flexibility index (Phi) is 3.53. The van der Waals surface area contributed by atoms with Gasteiger partial charge in [-0.2, -0.15) is 0 Å². The second-order valence-corrected chi connectivity index (χ2v) is 7.55. The van der Waals surface area contributed by atoms with Crippen LogP contribution in [0.1, 0.15) is 38.5 Å². The molecule has 1 aliphatic heterocycles. The maximum Gasteiger partial charge on any atom is 0.0628 e. The predicted molar refractivity (Wildman–Crippen MR) is 79.7 cm³/mol. The van der Waals surface area contributed by atoms with Crippen LogP contribution in [-0.2, 0) is 0 Å². The van der Waals surface area contributed by atoms with Crippen LogP contribution in [0.5, 0.6) is 0 Å². The summed E-state index contributed by atoms with van der Waals surface area (Å²) >= 11 is 0. The number of hydrogen-bond acceptors (Lipinski definition) is 4. The maximum absolute atomic E-state index is 10.0. The van der Waals surface area contributed by atoms with Crippen LogP contribution in [0.3, 0.4) is 0 Å². The van der Waals surface area contributed by atoms with Gasteiger partial charge >= 0.3 is 0 Å². The van der Waals surface area contributed by atoms with Crippen molar-refractivity contribution >= 4 is 0 Å². The molecule has 1 saturated heterocycles. The van der Waals surface area contributed by atoms with Gasteiger partial charge in [-0.1, -0.05) is 0 Å². The van der Waals surface area contributed by atoms with Crippen LogP contribution in [-0.4, -0.2) is 71.9 Å². The number of hydrogen-bond donors (Lipinski definition) is 2. The summed E-state index contributed by atoms with van der Waals surface area (Å²) in [4.78, 5) is 5.27. The summed E-state index contributed by atoms with van der Waals surface area (Å²) in [5.41, 5.74) is 0.00289. The molecule has 4 heteroatoms. The van der Waals surface area contributed by atoms with Crippen molar-refractivity contribution in [2.24, 2.45) is 5.92 Å². The lowest BCUT2D eigenvalue weighted by atomic mass is 9.92. The summed E-state index contributed by atoms with van der Waals surface area (Å²) in [6.07, 6.45) is 8.08. The topological polar surface area (TPSA) is 38.7 Å². The molecular formula is C16H29N3O. The quantitative estimate of drug-likeness (QED) is 0.718. The zero-order valence-electron chi connectivity index (χ0n) is 12.6. The second kappa shape index (κ2) is 5.24. The lowest BCUT2D eigenvalue weighted by Gasteiger charge is -2.42. The van der Waals surface area contributed by atoms with Gasteiger partial charge < -0.3 is 10.4 Å². The van der Waals surface area contributed by atoms with Crippen LogP contribution >= 0.6 is 0 Å². The van der Waals surface area contributed by atoms with Crippen LogP contribution < -0.4 is 5.32 Å². The van der Waals surface area contributed by atoms with Gasteiger partial charge in [0.15, 0.2) is 0 Å². The highest BCUT2D eigenvalue weighted by molar-refractivity contribution is 5.06. The first-order valence-corrected chi connectivity index (χ1v) is 8.64. The fourth-order valence-electron chi connectivity index (χ4n) is 3.91. The van der Waals surface area contributed by atoms with E-state index < -0.39 is 0 Å². The normalized spacial score (nSPS) is 32.2. The molecule has 1 heterocycles. The molecule has 4 aliphatic rings. The largest absolute Gasteiger partial charge is 0.394 e. The Labute approximate surface area is 122 Å². The van der Waals surface area contributed by atoms with Gasteiger partial charge in [0.1, 0.15) is 0 Å². The van der Waals surface area contributed by atoms with E-state index >= 15 is 0 Å². The van der Waals surface area contributed by atoms with Crippen molar-refractivity contribution in [3.05, 3.63) is 0 Å². The minimum absolute atomic E-state index is 0.00289. The van der Waals surface area contributed by atoms with Gasteiger partial charge in [-0.25, -0.2) is 0 Å². The summed E-state index contributed by atoms with van der Waals surface area (Å²) < 4.78 is 0. The Morgan fingerprint density at radius 1 is 0.950 bits per heavy atom. The summed E-state index contributed by atoms with van der Waals surface area (Å²) in [7, 11) is 0. The van der Waals surface area contributed by atoms with E-state index in [2.05, 4.69) is 15.1 Å². The lowest BCUT2D eigenvalue weighted by Crippen LogP contribution is -2.61. The third-order valence-corrected chi connectivity index (χ3v) is 5.69. The van der Waals surface area contributed by atoms with E-state index in [9.17, 15) is 5.11 Å². The molecule has 0 amide bonds. The number of rotatable bonds is 7. The lowest BCUT2D eigenvalue weighted by molar-refractivity contribution is 0.0568. The van der Waals surface area contributed by atoms with Crippen molar-refractivity contribution in [2.45, 2.75) is 56.1 Å². The molecule has 1 atom stereocenters. The Balaban J connectivity index is 1.35. The number of nitrogens with zero attached hydrogens (tertiary/aromatic N) is 2. The van der Waals surface area contributed by atoms with Crippen LogP contribution in [0.25, 0.3) is 0 Å². The average Bonchev–Trinajstić information content (AvgIpc) is 3.26. The molecule has 0 spiro atoms. The Morgan fingerprint density at radius 3 is 2.15 bits per heavy atom.